The van der Waals surface area contributed by atoms with E-state index in [0.717, 1.165) is 23.0 Å². The minimum absolute atomic E-state index is 0.262. The summed E-state index contributed by atoms with van der Waals surface area (Å²) in [4.78, 5) is 18.1. The maximum atomic E-state index is 12.3. The highest BCUT2D eigenvalue weighted by Crippen LogP contribution is 2.27. The summed E-state index contributed by atoms with van der Waals surface area (Å²) in [6.45, 7) is 12.5. The molecule has 0 aromatic heterocycles. The molecule has 2 aliphatic heterocycles. The average molecular weight is 453 g/mol. The number of allylic oxidation sites excluding steroid dienone is 3. The molecule has 156 valence electrons. The van der Waals surface area contributed by atoms with Gasteiger partial charge in [-0.1, -0.05) is 41.9 Å². The lowest BCUT2D eigenvalue weighted by atomic mass is 10.0. The van der Waals surface area contributed by atoms with Crippen molar-refractivity contribution in [2.24, 2.45) is 5.92 Å². The Morgan fingerprint density at radius 2 is 1.96 bits per heavy atom. The molecule has 0 aromatic rings. The fraction of sp³-hybridized carbons (Fsp3) is 0.619. The van der Waals surface area contributed by atoms with Crippen LogP contribution in [0.4, 0.5) is 4.79 Å². The van der Waals surface area contributed by atoms with Crippen LogP contribution in [0, 0.1) is 11.3 Å². The molecule has 1 saturated heterocycles. The van der Waals surface area contributed by atoms with Gasteiger partial charge in [-0.25, -0.2) is 4.79 Å². The van der Waals surface area contributed by atoms with Gasteiger partial charge in [0.25, 0.3) is 0 Å². The number of carbonyl (C=O) groups is 1. The Bertz CT molecular complexity index is 670. The number of amidine groups is 1. The lowest BCUT2D eigenvalue weighted by Gasteiger charge is -2.39. The van der Waals surface area contributed by atoms with Crippen LogP contribution in [0.3, 0.4) is 0 Å². The van der Waals surface area contributed by atoms with Crippen LogP contribution in [-0.2, 0) is 4.74 Å². The zero-order valence-electron chi connectivity index (χ0n) is 17.7. The molecular formula is C21H33BrN4O2. The van der Waals surface area contributed by atoms with Crippen LogP contribution in [0.25, 0.3) is 0 Å². The van der Waals surface area contributed by atoms with Crippen LogP contribution >= 0.6 is 15.9 Å². The molecule has 6 nitrogen and oxygen atoms in total. The van der Waals surface area contributed by atoms with Gasteiger partial charge in [0.1, 0.15) is 5.60 Å². The second-order valence-corrected chi connectivity index (χ2v) is 9.16. The maximum Gasteiger partial charge on any atom is 0.410 e. The molecule has 0 bridgehead atoms. The Labute approximate surface area is 177 Å². The zero-order chi connectivity index (χ0) is 20.9. The van der Waals surface area contributed by atoms with Crippen molar-refractivity contribution in [3.05, 3.63) is 34.7 Å². The number of nitrogens with zero attached hydrogens (tertiary/aromatic N) is 3. The van der Waals surface area contributed by atoms with E-state index >= 15 is 0 Å². The number of ether oxygens (including phenoxy) is 1. The number of nitrogens with one attached hydrogen (secondary N) is 1. The first kappa shape index (κ1) is 22.5. The van der Waals surface area contributed by atoms with E-state index in [1.807, 2.05) is 38.1 Å². The largest absolute Gasteiger partial charge is 0.444 e. The minimum atomic E-state index is -0.486. The van der Waals surface area contributed by atoms with Crippen molar-refractivity contribution >= 4 is 27.9 Å². The lowest BCUT2D eigenvalue weighted by molar-refractivity contribution is 0.0172. The number of halogens is 1. The predicted octanol–water partition coefficient (Wildman–Crippen LogP) is 4.90. The van der Waals surface area contributed by atoms with Crippen molar-refractivity contribution in [3.63, 3.8) is 0 Å². The quantitative estimate of drug-likeness (QED) is 0.660. The summed E-state index contributed by atoms with van der Waals surface area (Å²) >= 11 is 3.65. The van der Waals surface area contributed by atoms with Crippen LogP contribution < -0.4 is 0 Å². The Morgan fingerprint density at radius 1 is 1.32 bits per heavy atom. The van der Waals surface area contributed by atoms with Crippen molar-refractivity contribution in [1.82, 2.24) is 14.7 Å². The van der Waals surface area contributed by atoms with E-state index in [4.69, 9.17) is 10.1 Å². The summed E-state index contributed by atoms with van der Waals surface area (Å²) < 4.78 is 6.57. The molecule has 28 heavy (non-hydrogen) atoms. The van der Waals surface area contributed by atoms with Crippen LogP contribution in [0.5, 0.6) is 0 Å². The Hall–Kier alpha value is -1.76. The van der Waals surface area contributed by atoms with E-state index in [0.29, 0.717) is 37.9 Å². The zero-order valence-corrected chi connectivity index (χ0v) is 19.3. The molecule has 0 aliphatic carbocycles. The summed E-state index contributed by atoms with van der Waals surface area (Å²) in [5.74, 6) is 0.808. The Balaban J connectivity index is 2.10. The molecule has 2 rings (SSSR count). The summed E-state index contributed by atoms with van der Waals surface area (Å²) in [6.07, 6.45) is 9.66. The molecule has 0 radical (unpaired) electrons. The van der Waals surface area contributed by atoms with Gasteiger partial charge in [-0.2, -0.15) is 0 Å². The first-order valence-corrected chi connectivity index (χ1v) is 10.8. The first-order valence-electron chi connectivity index (χ1n) is 9.96. The molecule has 2 aliphatic rings. The highest BCUT2D eigenvalue weighted by molar-refractivity contribution is 9.11. The maximum absolute atomic E-state index is 12.3. The van der Waals surface area contributed by atoms with E-state index < -0.39 is 5.60 Å². The summed E-state index contributed by atoms with van der Waals surface area (Å²) in [7, 11) is 0. The second-order valence-electron chi connectivity index (χ2n) is 8.24. The molecule has 0 spiro atoms. The summed E-state index contributed by atoms with van der Waals surface area (Å²) in [6, 6.07) is 0. The molecule has 1 fully saturated rings. The highest BCUT2D eigenvalue weighted by Gasteiger charge is 2.29. The van der Waals surface area contributed by atoms with Gasteiger partial charge in [-0.3, -0.25) is 5.41 Å². The number of piperazine rings is 1. The molecule has 1 atom stereocenters. The van der Waals surface area contributed by atoms with E-state index in [2.05, 4.69) is 46.8 Å². The second kappa shape index (κ2) is 9.63. The van der Waals surface area contributed by atoms with Crippen LogP contribution in [0.15, 0.2) is 34.7 Å². The third-order valence-corrected chi connectivity index (χ3v) is 5.66. The van der Waals surface area contributed by atoms with Gasteiger partial charge in [0.15, 0.2) is 5.84 Å². The van der Waals surface area contributed by atoms with E-state index in [-0.39, 0.29) is 6.09 Å². The Morgan fingerprint density at radius 3 is 2.54 bits per heavy atom. The molecule has 0 aromatic carbocycles. The predicted molar refractivity (Wildman–Crippen MR) is 117 cm³/mol. The van der Waals surface area contributed by atoms with Crippen LogP contribution in [0.2, 0.25) is 0 Å². The highest BCUT2D eigenvalue weighted by atomic mass is 79.9. The van der Waals surface area contributed by atoms with Crippen LogP contribution in [0.1, 0.15) is 47.5 Å². The smallest absolute Gasteiger partial charge is 0.410 e. The molecule has 1 N–H and O–H groups in total. The van der Waals surface area contributed by atoms with Crippen molar-refractivity contribution in [3.8, 4) is 0 Å². The van der Waals surface area contributed by atoms with Gasteiger partial charge < -0.3 is 19.4 Å². The van der Waals surface area contributed by atoms with Gasteiger partial charge in [-0.15, -0.1) is 0 Å². The minimum Gasteiger partial charge on any atom is -0.444 e. The third kappa shape index (κ3) is 6.12. The number of amides is 1. The molecule has 7 heteroatoms. The SMILES string of the molecule is CC/C=C\N1/C=C(/Br)C(C)C/C=C(\N2CCN(C(=O)OC(C)(C)C)CC2)C1=N. The van der Waals surface area contributed by atoms with Gasteiger partial charge in [0.2, 0.25) is 0 Å². The molecule has 0 saturated carbocycles. The van der Waals surface area contributed by atoms with E-state index in [1.165, 1.54) is 0 Å². The van der Waals surface area contributed by atoms with Gasteiger partial charge >= 0.3 is 6.09 Å². The Kier molecular flexibility index (Phi) is 7.75. The van der Waals surface area contributed by atoms with Crippen molar-refractivity contribution in [2.45, 2.75) is 53.1 Å². The fourth-order valence-corrected chi connectivity index (χ4v) is 3.43. The summed E-state index contributed by atoms with van der Waals surface area (Å²) in [5, 5.41) is 8.76. The molecule has 1 amide bonds. The van der Waals surface area contributed by atoms with Crippen molar-refractivity contribution in [1.29, 1.82) is 5.41 Å². The normalized spacial score (nSPS) is 25.7. The van der Waals surface area contributed by atoms with Gasteiger partial charge in [-0.05, 0) is 39.5 Å². The number of hydrogen-bond donors (Lipinski definition) is 1. The fourth-order valence-electron chi connectivity index (χ4n) is 3.03. The van der Waals surface area contributed by atoms with Gasteiger partial charge in [0, 0.05) is 43.1 Å². The number of carbonyl (C=O) groups excluding carboxylic acids is 1. The first-order chi connectivity index (χ1) is 13.1. The molecule has 2 heterocycles. The number of hydrogen-bond acceptors (Lipinski definition) is 4. The average Bonchev–Trinajstić information content (AvgIpc) is 2.63. The molecular weight excluding hydrogens is 420 g/mol. The van der Waals surface area contributed by atoms with E-state index in [1.54, 1.807) is 4.90 Å². The van der Waals surface area contributed by atoms with E-state index in [9.17, 15) is 4.79 Å². The van der Waals surface area contributed by atoms with Gasteiger partial charge in [0.05, 0.1) is 5.70 Å². The third-order valence-electron chi connectivity index (χ3n) is 4.67. The van der Waals surface area contributed by atoms with Crippen molar-refractivity contribution < 1.29 is 9.53 Å². The molecule has 1 unspecified atom stereocenters. The summed E-state index contributed by atoms with van der Waals surface area (Å²) in [5.41, 5.74) is 0.438. The van der Waals surface area contributed by atoms with Crippen LogP contribution in [-0.4, -0.2) is 58.4 Å². The lowest BCUT2D eigenvalue weighted by Crippen LogP contribution is -2.51. The topological polar surface area (TPSA) is 59.9 Å². The number of rotatable bonds is 3. The standard InChI is InChI=1S/C21H33BrN4O2/c1-6-7-10-26-15-17(22)16(2)8-9-18(19(26)23)24-11-13-25(14-12-24)20(27)28-21(3,4)5/h7,9-10,15-16,23H,6,8,11-14H2,1-5H3/b10-7-,17-15+,18-9-,23-19?. The monoisotopic (exact) mass is 452 g/mol. The van der Waals surface area contributed by atoms with Crippen molar-refractivity contribution in [2.75, 3.05) is 26.2 Å².